The summed E-state index contributed by atoms with van der Waals surface area (Å²) in [6.07, 6.45) is -1.39. The number of ether oxygens (including phenoxy) is 2. The first-order valence-electron chi connectivity index (χ1n) is 12.7. The molecule has 210 valence electrons. The molecule has 0 atom stereocenters. The first-order chi connectivity index (χ1) is 18.0. The van der Waals surface area contributed by atoms with Crippen molar-refractivity contribution in [3.05, 3.63) is 48.3 Å². The van der Waals surface area contributed by atoms with Crippen LogP contribution in [0.15, 0.2) is 42.5 Å². The van der Waals surface area contributed by atoms with E-state index in [-0.39, 0.29) is 12.1 Å². The summed E-state index contributed by atoms with van der Waals surface area (Å²) in [5.41, 5.74) is -0.0630. The van der Waals surface area contributed by atoms with Crippen LogP contribution in [0.3, 0.4) is 0 Å². The van der Waals surface area contributed by atoms with Gasteiger partial charge in [0.2, 0.25) is 0 Å². The van der Waals surface area contributed by atoms with E-state index >= 15 is 4.39 Å². The third-order valence-electron chi connectivity index (χ3n) is 5.60. The van der Waals surface area contributed by atoms with Crippen LogP contribution in [-0.4, -0.2) is 77.2 Å². The molecule has 0 radical (unpaired) electrons. The van der Waals surface area contributed by atoms with Gasteiger partial charge in [-0.25, -0.2) is 14.0 Å². The van der Waals surface area contributed by atoms with E-state index < -0.39 is 36.3 Å². The highest BCUT2D eigenvalue weighted by atomic mass is 19.1. The normalized spacial score (nSPS) is 12.1. The van der Waals surface area contributed by atoms with E-state index in [1.807, 2.05) is 19.0 Å². The number of amides is 1. The average molecular weight is 541 g/mol. The molecular formula is C28H37BFN3O6. The Kier molecular flexibility index (Phi) is 8.79. The van der Waals surface area contributed by atoms with Crippen molar-refractivity contribution >= 4 is 41.5 Å². The zero-order valence-electron chi connectivity index (χ0n) is 23.8. The summed E-state index contributed by atoms with van der Waals surface area (Å²) in [4.78, 5) is 29.4. The van der Waals surface area contributed by atoms with Gasteiger partial charge in [-0.1, -0.05) is 12.1 Å². The second kappa shape index (κ2) is 11.4. The van der Waals surface area contributed by atoms with Gasteiger partial charge in [0.1, 0.15) is 17.0 Å². The quantitative estimate of drug-likeness (QED) is 0.451. The maximum absolute atomic E-state index is 15.1. The fraction of sp³-hybridized carbons (Fsp3) is 0.429. The van der Waals surface area contributed by atoms with Crippen molar-refractivity contribution in [1.82, 2.24) is 9.47 Å². The Hall–Kier alpha value is -3.41. The monoisotopic (exact) mass is 541 g/mol. The van der Waals surface area contributed by atoms with Gasteiger partial charge in [-0.3, -0.25) is 9.47 Å². The predicted molar refractivity (Wildman–Crippen MR) is 151 cm³/mol. The van der Waals surface area contributed by atoms with Gasteiger partial charge in [0.15, 0.2) is 0 Å². The number of carbonyl (C=O) groups excluding carboxylic acids is 2. The Bertz CT molecular complexity index is 1360. The van der Waals surface area contributed by atoms with Crippen LogP contribution < -0.4 is 10.5 Å². The molecule has 1 heterocycles. The van der Waals surface area contributed by atoms with Gasteiger partial charge in [0.05, 0.1) is 16.8 Å². The summed E-state index contributed by atoms with van der Waals surface area (Å²) in [5, 5.41) is 20.5. The van der Waals surface area contributed by atoms with E-state index in [4.69, 9.17) is 9.47 Å². The number of hydrogen-bond acceptors (Lipinski definition) is 7. The summed E-state index contributed by atoms with van der Waals surface area (Å²) in [6, 6.07) is 10.7. The molecule has 39 heavy (non-hydrogen) atoms. The maximum atomic E-state index is 15.1. The molecule has 0 aliphatic rings. The lowest BCUT2D eigenvalue weighted by atomic mass is 9.86. The van der Waals surface area contributed by atoms with Crippen molar-refractivity contribution in [3.63, 3.8) is 0 Å². The minimum Gasteiger partial charge on any atom is -0.443 e. The third-order valence-corrected chi connectivity index (χ3v) is 5.60. The molecule has 2 N–H and O–H groups in total. The second-order valence-electron chi connectivity index (χ2n) is 11.6. The fourth-order valence-corrected chi connectivity index (χ4v) is 4.03. The van der Waals surface area contributed by atoms with Crippen LogP contribution in [0, 0.1) is 5.82 Å². The van der Waals surface area contributed by atoms with Gasteiger partial charge in [-0.05, 0) is 97.1 Å². The Morgan fingerprint density at radius 3 is 2.15 bits per heavy atom. The van der Waals surface area contributed by atoms with Crippen LogP contribution in [-0.2, 0) is 9.47 Å². The van der Waals surface area contributed by atoms with Crippen LogP contribution in [0.25, 0.3) is 22.0 Å². The number of aromatic nitrogens is 1. The van der Waals surface area contributed by atoms with Gasteiger partial charge >= 0.3 is 19.3 Å². The Morgan fingerprint density at radius 1 is 0.949 bits per heavy atom. The lowest BCUT2D eigenvalue weighted by Crippen LogP contribution is -2.40. The third kappa shape index (κ3) is 7.59. The number of fused-ring (bicyclic) bond motifs is 1. The van der Waals surface area contributed by atoms with Gasteiger partial charge in [0.25, 0.3) is 0 Å². The van der Waals surface area contributed by atoms with Crippen molar-refractivity contribution in [2.45, 2.75) is 52.7 Å². The molecule has 0 unspecified atom stereocenters. The largest absolute Gasteiger partial charge is 0.506 e. The first kappa shape index (κ1) is 30.1. The predicted octanol–water partition coefficient (Wildman–Crippen LogP) is 4.21. The van der Waals surface area contributed by atoms with Gasteiger partial charge in [-0.15, -0.1) is 0 Å². The van der Waals surface area contributed by atoms with E-state index in [0.717, 1.165) is 4.57 Å². The molecule has 0 fully saturated rings. The summed E-state index contributed by atoms with van der Waals surface area (Å²) in [7, 11) is 1.77. The highest BCUT2D eigenvalue weighted by Gasteiger charge is 2.29. The lowest BCUT2D eigenvalue weighted by Gasteiger charge is -2.28. The number of hydrogen-bond donors (Lipinski definition) is 2. The van der Waals surface area contributed by atoms with Gasteiger partial charge in [-0.2, -0.15) is 0 Å². The average Bonchev–Trinajstić information content (AvgIpc) is 3.16. The number of carbonyl (C=O) groups is 2. The van der Waals surface area contributed by atoms with Crippen molar-refractivity contribution in [1.29, 1.82) is 0 Å². The molecule has 1 amide bonds. The van der Waals surface area contributed by atoms with E-state index in [9.17, 15) is 19.6 Å². The Balaban J connectivity index is 2.18. The van der Waals surface area contributed by atoms with Crippen molar-refractivity contribution in [3.8, 4) is 11.1 Å². The highest BCUT2D eigenvalue weighted by Crippen LogP contribution is 2.33. The maximum Gasteiger partial charge on any atom is 0.506 e. The molecule has 0 aliphatic carbocycles. The van der Waals surface area contributed by atoms with Gasteiger partial charge < -0.3 is 24.4 Å². The van der Waals surface area contributed by atoms with Crippen LogP contribution in [0.1, 0.15) is 41.5 Å². The SMILES string of the molecule is CN(C)CCN(C(=O)OC(C)(C)C)c1cc(F)cc(-c2cccc3c2cc(B(O)O)n3C(=O)OC(C)(C)C)c1. The topological polar surface area (TPSA) is 104 Å². The molecule has 3 rings (SSSR count). The molecule has 0 spiro atoms. The molecule has 2 aromatic carbocycles. The smallest absolute Gasteiger partial charge is 0.443 e. The molecule has 11 heteroatoms. The molecule has 0 saturated heterocycles. The van der Waals surface area contributed by atoms with E-state index in [1.54, 1.807) is 65.8 Å². The van der Waals surface area contributed by atoms with Crippen molar-refractivity contribution in [2.75, 3.05) is 32.1 Å². The molecule has 3 aromatic rings. The van der Waals surface area contributed by atoms with Crippen LogP contribution in [0.4, 0.5) is 19.7 Å². The molecule has 0 bridgehead atoms. The molecule has 9 nitrogen and oxygen atoms in total. The second-order valence-corrected chi connectivity index (χ2v) is 11.6. The van der Waals surface area contributed by atoms with Crippen LogP contribution in [0.2, 0.25) is 0 Å². The molecular weight excluding hydrogens is 504 g/mol. The summed E-state index contributed by atoms with van der Waals surface area (Å²) >= 11 is 0. The van der Waals surface area contributed by atoms with Gasteiger partial charge in [0, 0.05) is 18.5 Å². The first-order valence-corrected chi connectivity index (χ1v) is 12.7. The number of halogens is 1. The standard InChI is InChI=1S/C28H37BFN3O6/c1-27(2,3)38-25(34)32(13-12-31(7)8)20-15-18(14-19(30)16-20)21-10-9-11-23-22(21)17-24(29(36)37)33(23)26(35)39-28(4,5)6/h9-11,14-17,36-37H,12-13H2,1-8H3. The van der Waals surface area contributed by atoms with Crippen molar-refractivity contribution in [2.24, 2.45) is 0 Å². The van der Waals surface area contributed by atoms with E-state index in [2.05, 4.69) is 0 Å². The van der Waals surface area contributed by atoms with Crippen LogP contribution in [0.5, 0.6) is 0 Å². The number of nitrogens with zero attached hydrogens (tertiary/aromatic N) is 3. The summed E-state index contributed by atoms with van der Waals surface area (Å²) in [6.45, 7) is 11.2. The number of anilines is 1. The zero-order valence-corrected chi connectivity index (χ0v) is 23.8. The summed E-state index contributed by atoms with van der Waals surface area (Å²) in [5.74, 6) is -0.577. The summed E-state index contributed by atoms with van der Waals surface area (Å²) < 4.78 is 27.2. The van der Waals surface area contributed by atoms with Crippen LogP contribution >= 0.6 is 0 Å². The van der Waals surface area contributed by atoms with Crippen molar-refractivity contribution < 1.29 is 33.5 Å². The minimum atomic E-state index is -1.96. The minimum absolute atomic E-state index is 0.0929. The molecule has 0 saturated carbocycles. The van der Waals surface area contributed by atoms with E-state index in [1.165, 1.54) is 23.1 Å². The molecule has 0 aliphatic heterocycles. The number of benzene rings is 2. The van der Waals surface area contributed by atoms with E-state index in [0.29, 0.717) is 34.3 Å². The number of rotatable bonds is 6. The highest BCUT2D eigenvalue weighted by molar-refractivity contribution is 6.59. The lowest BCUT2D eigenvalue weighted by molar-refractivity contribution is 0.0544. The Morgan fingerprint density at radius 2 is 1.59 bits per heavy atom. The number of likely N-dealkylation sites (N-methyl/N-ethyl adjacent to an activating group) is 1. The molecule has 1 aromatic heterocycles. The zero-order chi connectivity index (χ0) is 29.3. The Labute approximate surface area is 228 Å². The fourth-order valence-electron chi connectivity index (χ4n) is 4.03.